The molecule has 4 atom stereocenters. The second-order valence-electron chi connectivity index (χ2n) is 4.58. The Balaban J connectivity index is 2.21. The van der Waals surface area contributed by atoms with Crippen LogP contribution in [0.3, 0.4) is 0 Å². The molecule has 0 amide bonds. The first-order valence-corrected chi connectivity index (χ1v) is 7.19. The minimum atomic E-state index is -0.976. The van der Waals surface area contributed by atoms with Gasteiger partial charge in [-0.1, -0.05) is 0 Å². The van der Waals surface area contributed by atoms with Gasteiger partial charge in [-0.2, -0.15) is 0 Å². The average Bonchev–Trinajstić information content (AvgIpc) is 3.02. The fourth-order valence-electron chi connectivity index (χ4n) is 2.10. The van der Waals surface area contributed by atoms with E-state index in [-0.39, 0.29) is 23.7 Å². The fourth-order valence-corrected chi connectivity index (χ4v) is 2.48. The van der Waals surface area contributed by atoms with Gasteiger partial charge in [-0.05, 0) is 0 Å². The van der Waals surface area contributed by atoms with Crippen molar-refractivity contribution < 1.29 is 38.0 Å². The number of carbonyl (C=O) groups excluding carboxylic acids is 2. The predicted molar refractivity (Wildman–Crippen MR) is 78.0 cm³/mol. The number of hydrogen-bond donors (Lipinski definition) is 0. The van der Waals surface area contributed by atoms with Crippen LogP contribution in [0.2, 0.25) is 0 Å². The summed E-state index contributed by atoms with van der Waals surface area (Å²) in [6.07, 6.45) is -3.40. The second kappa shape index (κ2) is 7.05. The van der Waals surface area contributed by atoms with E-state index in [0.717, 1.165) is 0 Å². The summed E-state index contributed by atoms with van der Waals surface area (Å²) in [6.45, 7) is 2.57. The van der Waals surface area contributed by atoms with E-state index in [2.05, 4.69) is 0 Å². The summed E-state index contributed by atoms with van der Waals surface area (Å²) in [5, 5.41) is -0.134. The number of thiocarbonyl (C=S) groups is 2. The van der Waals surface area contributed by atoms with Crippen molar-refractivity contribution in [3.05, 3.63) is 0 Å². The molecule has 0 aromatic heterocycles. The molecular weight excluding hydrogens is 336 g/mol. The molecule has 22 heavy (non-hydrogen) atoms. The summed E-state index contributed by atoms with van der Waals surface area (Å²) in [5.74, 6) is -1.16. The molecule has 0 aromatic carbocycles. The van der Waals surface area contributed by atoms with E-state index in [0.29, 0.717) is 0 Å². The summed E-state index contributed by atoms with van der Waals surface area (Å²) in [7, 11) is 0. The molecule has 0 radical (unpaired) electrons. The molecule has 0 aromatic rings. The minimum Gasteiger partial charge on any atom is -0.454 e. The van der Waals surface area contributed by atoms with E-state index in [9.17, 15) is 9.59 Å². The maximum absolute atomic E-state index is 11.4. The van der Waals surface area contributed by atoms with Crippen LogP contribution in [-0.2, 0) is 38.0 Å². The zero-order valence-corrected chi connectivity index (χ0v) is 13.4. The highest BCUT2D eigenvalue weighted by molar-refractivity contribution is 7.79. The summed E-state index contributed by atoms with van der Waals surface area (Å²) in [6, 6.07) is 0. The molecular formula is C12H14O8S2. The van der Waals surface area contributed by atoms with Crippen molar-refractivity contribution in [3.8, 4) is 0 Å². The van der Waals surface area contributed by atoms with Gasteiger partial charge in [-0.3, -0.25) is 9.59 Å². The monoisotopic (exact) mass is 350 g/mol. The van der Waals surface area contributed by atoms with Crippen LogP contribution in [0.1, 0.15) is 13.8 Å². The lowest BCUT2D eigenvalue weighted by Crippen LogP contribution is -2.50. The Kier molecular flexibility index (Phi) is 5.35. The third-order valence-electron chi connectivity index (χ3n) is 2.89. The maximum Gasteiger partial charge on any atom is 0.352 e. The van der Waals surface area contributed by atoms with Crippen molar-refractivity contribution >= 4 is 46.8 Å². The molecule has 2 saturated heterocycles. The van der Waals surface area contributed by atoms with E-state index in [1.54, 1.807) is 0 Å². The quantitative estimate of drug-likeness (QED) is 0.508. The number of carbonyl (C=O) groups is 2. The van der Waals surface area contributed by atoms with E-state index < -0.39 is 36.4 Å². The van der Waals surface area contributed by atoms with E-state index >= 15 is 0 Å². The van der Waals surface area contributed by atoms with Crippen LogP contribution >= 0.6 is 24.4 Å². The summed E-state index contributed by atoms with van der Waals surface area (Å²) >= 11 is 9.57. The van der Waals surface area contributed by atoms with Gasteiger partial charge in [0.1, 0.15) is 13.2 Å². The van der Waals surface area contributed by atoms with Crippen molar-refractivity contribution in [1.82, 2.24) is 0 Å². The number of rotatable bonds is 5. The smallest absolute Gasteiger partial charge is 0.352 e. The topological polar surface area (TPSA) is 89.5 Å². The summed E-state index contributed by atoms with van der Waals surface area (Å²) in [4.78, 5) is 22.7. The molecule has 0 N–H and O–H groups in total. The molecule has 2 rings (SSSR count). The highest BCUT2D eigenvalue weighted by Crippen LogP contribution is 2.24. The normalized spacial score (nSPS) is 26.1. The first-order valence-electron chi connectivity index (χ1n) is 6.38. The van der Waals surface area contributed by atoms with Gasteiger partial charge in [0, 0.05) is 38.3 Å². The lowest BCUT2D eigenvalue weighted by Gasteiger charge is -2.30. The minimum absolute atomic E-state index is 0.0621. The van der Waals surface area contributed by atoms with Gasteiger partial charge >= 0.3 is 22.4 Å². The Morgan fingerprint density at radius 3 is 1.55 bits per heavy atom. The van der Waals surface area contributed by atoms with Gasteiger partial charge in [-0.15, -0.1) is 0 Å². The largest absolute Gasteiger partial charge is 0.454 e. The molecule has 0 bridgehead atoms. The molecule has 8 nitrogen and oxygen atoms in total. The van der Waals surface area contributed by atoms with Crippen molar-refractivity contribution in [3.63, 3.8) is 0 Å². The van der Waals surface area contributed by atoms with Crippen LogP contribution in [-0.4, -0.2) is 60.0 Å². The molecule has 0 aliphatic carbocycles. The van der Waals surface area contributed by atoms with Gasteiger partial charge in [0.05, 0.1) is 0 Å². The SMILES string of the molecule is CC(=O)O[C@@H]([C@H](OC(C)=O)[C@H]1COC(=S)O1)[C@H]1COC(=S)O1. The van der Waals surface area contributed by atoms with Crippen LogP contribution in [0.4, 0.5) is 0 Å². The number of ether oxygens (including phenoxy) is 6. The Morgan fingerprint density at radius 1 is 0.955 bits per heavy atom. The van der Waals surface area contributed by atoms with Crippen LogP contribution < -0.4 is 0 Å². The Hall–Kier alpha value is -1.68. The van der Waals surface area contributed by atoms with Gasteiger partial charge in [0.2, 0.25) is 0 Å². The van der Waals surface area contributed by atoms with Crippen LogP contribution in [0, 0.1) is 0 Å². The van der Waals surface area contributed by atoms with E-state index in [4.69, 9.17) is 52.9 Å². The average molecular weight is 350 g/mol. The van der Waals surface area contributed by atoms with Gasteiger partial charge in [-0.25, -0.2) is 0 Å². The molecule has 2 fully saturated rings. The molecule has 2 heterocycles. The van der Waals surface area contributed by atoms with Gasteiger partial charge in [0.15, 0.2) is 24.4 Å². The molecule has 2 aliphatic heterocycles. The molecule has 10 heteroatoms. The van der Waals surface area contributed by atoms with Crippen molar-refractivity contribution in [1.29, 1.82) is 0 Å². The van der Waals surface area contributed by atoms with Crippen LogP contribution in [0.5, 0.6) is 0 Å². The van der Waals surface area contributed by atoms with Crippen molar-refractivity contribution in [2.75, 3.05) is 13.2 Å². The number of hydrogen-bond acceptors (Lipinski definition) is 10. The summed E-state index contributed by atoms with van der Waals surface area (Å²) < 4.78 is 31.1. The number of esters is 2. The predicted octanol–water partition coefficient (Wildman–Crippen LogP) is 0.250. The highest BCUT2D eigenvalue weighted by atomic mass is 32.1. The highest BCUT2D eigenvalue weighted by Gasteiger charge is 2.47. The summed E-state index contributed by atoms with van der Waals surface area (Å²) in [5.41, 5.74) is 0. The Bertz CT molecular complexity index is 450. The molecule has 0 unspecified atom stereocenters. The van der Waals surface area contributed by atoms with Crippen molar-refractivity contribution in [2.24, 2.45) is 0 Å². The first-order chi connectivity index (χ1) is 10.4. The van der Waals surface area contributed by atoms with Crippen LogP contribution in [0.25, 0.3) is 0 Å². The Labute approximate surface area is 136 Å². The lowest BCUT2D eigenvalue weighted by molar-refractivity contribution is -0.181. The maximum atomic E-state index is 11.4. The molecule has 0 spiro atoms. The first kappa shape index (κ1) is 16.7. The molecule has 0 saturated carbocycles. The van der Waals surface area contributed by atoms with E-state index in [1.807, 2.05) is 0 Å². The van der Waals surface area contributed by atoms with Crippen LogP contribution in [0.15, 0.2) is 0 Å². The zero-order valence-electron chi connectivity index (χ0n) is 11.8. The van der Waals surface area contributed by atoms with E-state index in [1.165, 1.54) is 13.8 Å². The zero-order chi connectivity index (χ0) is 16.3. The van der Waals surface area contributed by atoms with Gasteiger partial charge in [0.25, 0.3) is 0 Å². The fraction of sp³-hybridized carbons (Fsp3) is 0.667. The van der Waals surface area contributed by atoms with Gasteiger partial charge < -0.3 is 28.4 Å². The molecule has 122 valence electrons. The second-order valence-corrected chi connectivity index (χ2v) is 5.25. The molecule has 2 aliphatic rings. The van der Waals surface area contributed by atoms with Crippen molar-refractivity contribution in [2.45, 2.75) is 38.3 Å². The third-order valence-corrected chi connectivity index (χ3v) is 3.32. The Morgan fingerprint density at radius 2 is 1.32 bits per heavy atom. The third kappa shape index (κ3) is 4.17. The standard InChI is InChI=1S/C12H14O8S2/c1-5(13)17-9(7-3-15-11(21)19-7)10(18-6(2)14)8-4-16-12(22)20-8/h7-10H,3-4H2,1-2H3/t7-,8-,9-,10-/m1/s1. The lowest BCUT2D eigenvalue weighted by atomic mass is 10.0.